The number of fused-ring (bicyclic) bond motifs is 1. The van der Waals surface area contributed by atoms with Gasteiger partial charge in [-0.3, -0.25) is 14.5 Å². The van der Waals surface area contributed by atoms with Crippen LogP contribution in [0.4, 0.5) is 15.9 Å². The average molecular weight is 423 g/mol. The maximum absolute atomic E-state index is 14.2. The topological polar surface area (TPSA) is 105 Å². The Labute approximate surface area is 177 Å². The van der Waals surface area contributed by atoms with E-state index in [1.54, 1.807) is 24.2 Å². The molecule has 10 heteroatoms. The molecule has 0 unspecified atom stereocenters. The van der Waals surface area contributed by atoms with E-state index in [1.807, 2.05) is 0 Å². The highest BCUT2D eigenvalue weighted by molar-refractivity contribution is 6.03. The molecular weight excluding hydrogens is 401 g/mol. The number of rotatable bonds is 6. The molecule has 5 rings (SSSR count). The lowest BCUT2D eigenvalue weighted by Gasteiger charge is -2.15. The molecule has 2 fully saturated rings. The molecule has 0 aromatic carbocycles. The Hall–Kier alpha value is -3.40. The summed E-state index contributed by atoms with van der Waals surface area (Å²) in [5.74, 6) is -0.376. The zero-order chi connectivity index (χ0) is 21.5. The van der Waals surface area contributed by atoms with Crippen LogP contribution in [-0.4, -0.2) is 50.3 Å². The van der Waals surface area contributed by atoms with Crippen molar-refractivity contribution in [2.45, 2.75) is 32.2 Å². The van der Waals surface area contributed by atoms with E-state index >= 15 is 0 Å². The van der Waals surface area contributed by atoms with Crippen LogP contribution in [0.1, 0.15) is 35.4 Å². The summed E-state index contributed by atoms with van der Waals surface area (Å²) in [6.45, 7) is 3.17. The van der Waals surface area contributed by atoms with Crippen molar-refractivity contribution in [1.82, 2.24) is 24.7 Å². The highest BCUT2D eigenvalue weighted by Gasteiger charge is 2.32. The standard InChI is InChI=1S/C21H22FN7O2/c1-12-9-28-11-15(5-16(22)20(28)26-12)27-21(31)17-7-25-18(8-24-17)29-10-13(4-19(29)30)6-23-14-2-3-14/h5,7-9,11,13-14,23H,2-4,6,10H2,1H3,(H,27,31)/t13-/m0/s1. The molecular formula is C21H22FN7O2. The number of hydrogen-bond donors (Lipinski definition) is 2. The number of amides is 2. The number of hydrogen-bond acceptors (Lipinski definition) is 6. The predicted octanol–water partition coefficient (Wildman–Crippen LogP) is 1.93. The van der Waals surface area contributed by atoms with Gasteiger partial charge in [-0.15, -0.1) is 0 Å². The number of imidazole rings is 1. The average Bonchev–Trinajstić information content (AvgIpc) is 3.39. The zero-order valence-corrected chi connectivity index (χ0v) is 17.0. The van der Waals surface area contributed by atoms with Crippen molar-refractivity contribution in [3.63, 3.8) is 0 Å². The van der Waals surface area contributed by atoms with Gasteiger partial charge < -0.3 is 15.0 Å². The van der Waals surface area contributed by atoms with Crippen LogP contribution in [0.2, 0.25) is 0 Å². The van der Waals surface area contributed by atoms with Gasteiger partial charge in [0.15, 0.2) is 17.3 Å². The van der Waals surface area contributed by atoms with Gasteiger partial charge in [-0.05, 0) is 25.7 Å². The fourth-order valence-corrected chi connectivity index (χ4v) is 3.78. The Kier molecular flexibility index (Phi) is 4.85. The van der Waals surface area contributed by atoms with E-state index in [9.17, 15) is 14.0 Å². The van der Waals surface area contributed by atoms with Gasteiger partial charge in [-0.2, -0.15) is 0 Å². The zero-order valence-electron chi connectivity index (χ0n) is 17.0. The molecule has 2 N–H and O–H groups in total. The van der Waals surface area contributed by atoms with Crippen molar-refractivity contribution in [2.75, 3.05) is 23.3 Å². The van der Waals surface area contributed by atoms with Crippen LogP contribution in [0, 0.1) is 18.7 Å². The van der Waals surface area contributed by atoms with Crippen molar-refractivity contribution in [3.8, 4) is 0 Å². The van der Waals surface area contributed by atoms with Crippen molar-refractivity contribution in [3.05, 3.63) is 48.1 Å². The number of aromatic nitrogens is 4. The van der Waals surface area contributed by atoms with Gasteiger partial charge in [-0.1, -0.05) is 0 Å². The molecule has 31 heavy (non-hydrogen) atoms. The number of carbonyl (C=O) groups is 2. The summed E-state index contributed by atoms with van der Waals surface area (Å²) in [6, 6.07) is 1.81. The smallest absolute Gasteiger partial charge is 0.275 e. The predicted molar refractivity (Wildman–Crippen MR) is 111 cm³/mol. The summed E-state index contributed by atoms with van der Waals surface area (Å²) in [5, 5.41) is 6.07. The monoisotopic (exact) mass is 423 g/mol. The van der Waals surface area contributed by atoms with Crippen LogP contribution in [0.15, 0.2) is 30.9 Å². The van der Waals surface area contributed by atoms with Crippen LogP contribution < -0.4 is 15.5 Å². The van der Waals surface area contributed by atoms with Crippen LogP contribution >= 0.6 is 0 Å². The molecule has 3 aromatic rings. The van der Waals surface area contributed by atoms with Crippen molar-refractivity contribution in [2.24, 2.45) is 5.92 Å². The van der Waals surface area contributed by atoms with E-state index in [0.29, 0.717) is 30.5 Å². The fourth-order valence-electron chi connectivity index (χ4n) is 3.78. The molecule has 2 amide bonds. The van der Waals surface area contributed by atoms with E-state index in [2.05, 4.69) is 25.6 Å². The van der Waals surface area contributed by atoms with Crippen LogP contribution in [-0.2, 0) is 4.79 Å². The first-order chi connectivity index (χ1) is 15.0. The SMILES string of the molecule is Cc1cn2cc(NC(=O)c3cnc(N4C[C@H](CNC5CC5)CC4=O)cn3)cc(F)c2n1. The number of nitrogens with zero attached hydrogens (tertiary/aromatic N) is 5. The molecule has 2 aliphatic rings. The van der Waals surface area contributed by atoms with Crippen molar-refractivity contribution >= 4 is 29.0 Å². The number of nitrogens with one attached hydrogen (secondary N) is 2. The summed E-state index contributed by atoms with van der Waals surface area (Å²) in [5.41, 5.74) is 1.22. The Morgan fingerprint density at radius 2 is 2.10 bits per heavy atom. The molecule has 1 saturated heterocycles. The van der Waals surface area contributed by atoms with Gasteiger partial charge in [0.05, 0.1) is 23.8 Å². The second kappa shape index (κ2) is 7.69. The van der Waals surface area contributed by atoms with E-state index in [1.165, 1.54) is 35.7 Å². The van der Waals surface area contributed by atoms with Gasteiger partial charge in [0.2, 0.25) is 5.91 Å². The Balaban J connectivity index is 1.25. The van der Waals surface area contributed by atoms with Gasteiger partial charge in [0, 0.05) is 44.0 Å². The number of carbonyl (C=O) groups excluding carboxylic acids is 2. The fraction of sp³-hybridized carbons (Fsp3) is 0.381. The second-order valence-electron chi connectivity index (χ2n) is 8.16. The molecule has 160 valence electrons. The molecule has 4 heterocycles. The lowest BCUT2D eigenvalue weighted by atomic mass is 10.1. The minimum atomic E-state index is -0.536. The molecule has 3 aromatic heterocycles. The van der Waals surface area contributed by atoms with Crippen LogP contribution in [0.3, 0.4) is 0 Å². The third-order valence-corrected chi connectivity index (χ3v) is 5.51. The molecule has 1 atom stereocenters. The summed E-state index contributed by atoms with van der Waals surface area (Å²) < 4.78 is 15.7. The molecule has 0 bridgehead atoms. The highest BCUT2D eigenvalue weighted by Crippen LogP contribution is 2.25. The molecule has 1 aliphatic heterocycles. The van der Waals surface area contributed by atoms with Crippen molar-refractivity contribution < 1.29 is 14.0 Å². The maximum Gasteiger partial charge on any atom is 0.275 e. The van der Waals surface area contributed by atoms with Crippen molar-refractivity contribution in [1.29, 1.82) is 0 Å². The third kappa shape index (κ3) is 4.11. The molecule has 1 saturated carbocycles. The van der Waals surface area contributed by atoms with Gasteiger partial charge in [0.1, 0.15) is 5.69 Å². The summed E-state index contributed by atoms with van der Waals surface area (Å²) in [7, 11) is 0. The number of pyridine rings is 1. The Morgan fingerprint density at radius 1 is 1.26 bits per heavy atom. The van der Waals surface area contributed by atoms with E-state index < -0.39 is 11.7 Å². The van der Waals surface area contributed by atoms with E-state index in [4.69, 9.17) is 0 Å². The Morgan fingerprint density at radius 3 is 2.84 bits per heavy atom. The normalized spacial score (nSPS) is 18.7. The summed E-state index contributed by atoms with van der Waals surface area (Å²) in [6.07, 6.45) is 8.89. The first-order valence-corrected chi connectivity index (χ1v) is 10.3. The first-order valence-electron chi connectivity index (χ1n) is 10.3. The largest absolute Gasteiger partial charge is 0.319 e. The second-order valence-corrected chi connectivity index (χ2v) is 8.16. The van der Waals surface area contributed by atoms with Gasteiger partial charge in [0.25, 0.3) is 5.91 Å². The van der Waals surface area contributed by atoms with Crippen LogP contribution in [0.25, 0.3) is 5.65 Å². The molecule has 9 nitrogen and oxygen atoms in total. The third-order valence-electron chi connectivity index (χ3n) is 5.51. The minimum Gasteiger partial charge on any atom is -0.319 e. The first kappa shape index (κ1) is 19.6. The number of aryl methyl sites for hydroxylation is 1. The van der Waals surface area contributed by atoms with E-state index in [-0.39, 0.29) is 28.9 Å². The summed E-state index contributed by atoms with van der Waals surface area (Å²) in [4.78, 5) is 39.0. The van der Waals surface area contributed by atoms with Gasteiger partial charge >= 0.3 is 0 Å². The molecule has 0 radical (unpaired) electrons. The minimum absolute atomic E-state index is 0.00787. The number of anilines is 2. The van der Waals surface area contributed by atoms with Crippen LogP contribution in [0.5, 0.6) is 0 Å². The lowest BCUT2D eigenvalue weighted by molar-refractivity contribution is -0.117. The highest BCUT2D eigenvalue weighted by atomic mass is 19.1. The maximum atomic E-state index is 14.2. The van der Waals surface area contributed by atoms with E-state index in [0.717, 1.165) is 6.54 Å². The quantitative estimate of drug-likeness (QED) is 0.628. The molecule has 0 spiro atoms. The summed E-state index contributed by atoms with van der Waals surface area (Å²) >= 11 is 0. The van der Waals surface area contributed by atoms with Gasteiger partial charge in [-0.25, -0.2) is 19.3 Å². The lowest BCUT2D eigenvalue weighted by Crippen LogP contribution is -2.29. The Bertz CT molecular complexity index is 1160. The number of halogens is 1. The molecule has 1 aliphatic carbocycles.